The maximum absolute atomic E-state index is 12.5. The molecule has 0 bridgehead atoms. The first-order valence-corrected chi connectivity index (χ1v) is 9.33. The van der Waals surface area contributed by atoms with Crippen molar-refractivity contribution < 1.29 is 4.79 Å². The summed E-state index contributed by atoms with van der Waals surface area (Å²) in [6, 6.07) is 12.1. The van der Waals surface area contributed by atoms with Crippen molar-refractivity contribution in [1.29, 1.82) is 0 Å². The van der Waals surface area contributed by atoms with E-state index in [4.69, 9.17) is 0 Å². The molecular weight excluding hydrogens is 346 g/mol. The average Bonchev–Trinajstić information content (AvgIpc) is 3.36. The van der Waals surface area contributed by atoms with E-state index in [-0.39, 0.29) is 12.5 Å². The summed E-state index contributed by atoms with van der Waals surface area (Å²) in [4.78, 5) is 18.1. The molecule has 0 aliphatic rings. The molecule has 0 aliphatic heterocycles. The Hall–Kier alpha value is -2.93. The molecule has 4 aromatic rings. The summed E-state index contributed by atoms with van der Waals surface area (Å²) >= 11 is 1.66. The predicted molar refractivity (Wildman–Crippen MR) is 103 cm³/mol. The molecule has 0 spiro atoms. The van der Waals surface area contributed by atoms with E-state index in [0.29, 0.717) is 13.1 Å². The first kappa shape index (κ1) is 16.5. The summed E-state index contributed by atoms with van der Waals surface area (Å²) in [5.41, 5.74) is 2.82. The van der Waals surface area contributed by atoms with E-state index in [0.717, 1.165) is 27.3 Å². The highest BCUT2D eigenvalue weighted by molar-refractivity contribution is 7.13. The number of thiophene rings is 1. The van der Waals surface area contributed by atoms with Gasteiger partial charge in [-0.2, -0.15) is 5.10 Å². The standard InChI is InChI=1S/C19H19N5OS/c1-14-6-9-23(22-14)10-8-20-18(25)13-24-16(17-5-3-11-26-17)12-15-4-2-7-21-19(15)24/h2-7,9,11-12H,8,10,13H2,1H3,(H,20,25). The second-order valence-electron chi connectivity index (χ2n) is 6.08. The van der Waals surface area contributed by atoms with Gasteiger partial charge in [-0.25, -0.2) is 4.98 Å². The highest BCUT2D eigenvalue weighted by Gasteiger charge is 2.14. The van der Waals surface area contributed by atoms with Crippen LogP contribution in [0.15, 0.2) is 54.2 Å². The van der Waals surface area contributed by atoms with Crippen molar-refractivity contribution in [3.63, 3.8) is 0 Å². The fourth-order valence-electron chi connectivity index (χ4n) is 2.97. The zero-order chi connectivity index (χ0) is 17.9. The van der Waals surface area contributed by atoms with Crippen molar-refractivity contribution in [3.05, 3.63) is 59.9 Å². The van der Waals surface area contributed by atoms with E-state index in [1.807, 2.05) is 52.0 Å². The molecule has 1 N–H and O–H groups in total. The lowest BCUT2D eigenvalue weighted by Gasteiger charge is -2.10. The lowest BCUT2D eigenvalue weighted by molar-refractivity contribution is -0.121. The van der Waals surface area contributed by atoms with E-state index in [1.165, 1.54) is 0 Å². The Bertz CT molecular complexity index is 1030. The maximum atomic E-state index is 12.5. The second kappa shape index (κ2) is 7.13. The zero-order valence-electron chi connectivity index (χ0n) is 14.4. The van der Waals surface area contributed by atoms with Crippen molar-refractivity contribution in [2.24, 2.45) is 0 Å². The molecule has 0 unspecified atom stereocenters. The largest absolute Gasteiger partial charge is 0.353 e. The predicted octanol–water partition coefficient (Wildman–Crippen LogP) is 3.09. The number of nitrogens with one attached hydrogen (secondary N) is 1. The lowest BCUT2D eigenvalue weighted by atomic mass is 10.3. The maximum Gasteiger partial charge on any atom is 0.240 e. The number of aryl methyl sites for hydroxylation is 1. The van der Waals surface area contributed by atoms with Gasteiger partial charge in [0.25, 0.3) is 0 Å². The molecule has 0 saturated heterocycles. The minimum Gasteiger partial charge on any atom is -0.353 e. The third kappa shape index (κ3) is 3.39. The highest BCUT2D eigenvalue weighted by Crippen LogP contribution is 2.30. The molecule has 0 saturated carbocycles. The van der Waals surface area contributed by atoms with Crippen molar-refractivity contribution in [3.8, 4) is 10.6 Å². The van der Waals surface area contributed by atoms with Gasteiger partial charge in [-0.15, -0.1) is 11.3 Å². The van der Waals surface area contributed by atoms with Crippen LogP contribution < -0.4 is 5.32 Å². The van der Waals surface area contributed by atoms with Gasteiger partial charge in [0.2, 0.25) is 5.91 Å². The molecule has 7 heteroatoms. The van der Waals surface area contributed by atoms with Crippen LogP contribution in [0.5, 0.6) is 0 Å². The number of carbonyl (C=O) groups is 1. The first-order chi connectivity index (χ1) is 12.7. The van der Waals surface area contributed by atoms with Gasteiger partial charge < -0.3 is 9.88 Å². The van der Waals surface area contributed by atoms with Gasteiger partial charge in [0.05, 0.1) is 22.8 Å². The summed E-state index contributed by atoms with van der Waals surface area (Å²) < 4.78 is 3.81. The molecule has 0 aromatic carbocycles. The molecule has 6 nitrogen and oxygen atoms in total. The van der Waals surface area contributed by atoms with Crippen LogP contribution in [-0.4, -0.2) is 31.8 Å². The Morgan fingerprint density at radius 3 is 2.96 bits per heavy atom. The van der Waals surface area contributed by atoms with Crippen LogP contribution in [0.1, 0.15) is 5.69 Å². The SMILES string of the molecule is Cc1ccn(CCNC(=O)Cn2c(-c3cccs3)cc3cccnc32)n1. The molecular formula is C19H19N5OS. The Balaban J connectivity index is 1.50. The average molecular weight is 365 g/mol. The molecule has 4 heterocycles. The Labute approximate surface area is 155 Å². The van der Waals surface area contributed by atoms with Gasteiger partial charge in [0.15, 0.2) is 0 Å². The smallest absolute Gasteiger partial charge is 0.240 e. The summed E-state index contributed by atoms with van der Waals surface area (Å²) in [5.74, 6) is -0.0326. The fraction of sp³-hybridized carbons (Fsp3) is 0.211. The van der Waals surface area contributed by atoms with Gasteiger partial charge >= 0.3 is 0 Å². The molecule has 4 rings (SSSR count). The molecule has 4 aromatic heterocycles. The van der Waals surface area contributed by atoms with E-state index in [1.54, 1.807) is 17.5 Å². The number of hydrogen-bond donors (Lipinski definition) is 1. The first-order valence-electron chi connectivity index (χ1n) is 8.45. The number of amides is 1. The molecule has 1 amide bonds. The molecule has 0 aliphatic carbocycles. The van der Waals surface area contributed by atoms with Gasteiger partial charge in [0, 0.05) is 24.3 Å². The minimum absolute atomic E-state index is 0.0326. The quantitative estimate of drug-likeness (QED) is 0.571. The lowest BCUT2D eigenvalue weighted by Crippen LogP contribution is -2.30. The second-order valence-corrected chi connectivity index (χ2v) is 7.03. The van der Waals surface area contributed by atoms with Crippen LogP contribution in [0, 0.1) is 6.92 Å². The van der Waals surface area contributed by atoms with Gasteiger partial charge in [-0.05, 0) is 42.6 Å². The summed E-state index contributed by atoms with van der Waals surface area (Å²) in [6.07, 6.45) is 3.68. The molecule has 0 fully saturated rings. The van der Waals surface area contributed by atoms with Crippen molar-refractivity contribution in [1.82, 2.24) is 24.6 Å². The van der Waals surface area contributed by atoms with Gasteiger partial charge in [0.1, 0.15) is 12.2 Å². The number of rotatable bonds is 6. The van der Waals surface area contributed by atoms with Crippen LogP contribution in [0.25, 0.3) is 21.6 Å². The normalized spacial score (nSPS) is 11.1. The van der Waals surface area contributed by atoms with Gasteiger partial charge in [-0.3, -0.25) is 9.48 Å². The summed E-state index contributed by atoms with van der Waals surface area (Å²) in [6.45, 7) is 3.39. The van der Waals surface area contributed by atoms with Gasteiger partial charge in [-0.1, -0.05) is 6.07 Å². The third-order valence-corrected chi connectivity index (χ3v) is 5.06. The number of fused-ring (bicyclic) bond motifs is 1. The monoisotopic (exact) mass is 365 g/mol. The third-order valence-electron chi connectivity index (χ3n) is 4.17. The zero-order valence-corrected chi connectivity index (χ0v) is 15.2. The van der Waals surface area contributed by atoms with Crippen LogP contribution >= 0.6 is 11.3 Å². The topological polar surface area (TPSA) is 64.7 Å². The van der Waals surface area contributed by atoms with Crippen LogP contribution in [0.2, 0.25) is 0 Å². The molecule has 26 heavy (non-hydrogen) atoms. The van der Waals surface area contributed by atoms with Crippen molar-refractivity contribution >= 4 is 28.3 Å². The number of aromatic nitrogens is 4. The number of carbonyl (C=O) groups excluding carboxylic acids is 1. The summed E-state index contributed by atoms with van der Waals surface area (Å²) in [7, 11) is 0. The minimum atomic E-state index is -0.0326. The summed E-state index contributed by atoms with van der Waals surface area (Å²) in [5, 5.41) is 10.4. The van der Waals surface area contributed by atoms with E-state index < -0.39 is 0 Å². The highest BCUT2D eigenvalue weighted by atomic mass is 32.1. The number of hydrogen-bond acceptors (Lipinski definition) is 4. The fourth-order valence-corrected chi connectivity index (χ4v) is 3.72. The molecule has 0 atom stereocenters. The molecule has 132 valence electrons. The Morgan fingerprint density at radius 2 is 2.19 bits per heavy atom. The van der Waals surface area contributed by atoms with Crippen molar-refractivity contribution in [2.75, 3.05) is 6.54 Å². The Morgan fingerprint density at radius 1 is 1.27 bits per heavy atom. The van der Waals surface area contributed by atoms with E-state index >= 15 is 0 Å². The number of pyridine rings is 1. The van der Waals surface area contributed by atoms with E-state index in [9.17, 15) is 4.79 Å². The van der Waals surface area contributed by atoms with Crippen molar-refractivity contribution in [2.45, 2.75) is 20.0 Å². The van der Waals surface area contributed by atoms with Crippen LogP contribution in [-0.2, 0) is 17.9 Å². The number of nitrogens with zero attached hydrogens (tertiary/aromatic N) is 4. The van der Waals surface area contributed by atoms with Crippen LogP contribution in [0.4, 0.5) is 0 Å². The molecule has 0 radical (unpaired) electrons. The Kier molecular flexibility index (Phi) is 4.53. The van der Waals surface area contributed by atoms with E-state index in [2.05, 4.69) is 27.5 Å². The van der Waals surface area contributed by atoms with Crippen LogP contribution in [0.3, 0.4) is 0 Å².